The number of aromatic amines is 1. The van der Waals surface area contributed by atoms with Crippen molar-refractivity contribution < 1.29 is 4.79 Å². The molecule has 1 amide bonds. The minimum atomic E-state index is -0.577. The van der Waals surface area contributed by atoms with Crippen LogP contribution in [0.2, 0.25) is 0 Å². The van der Waals surface area contributed by atoms with Crippen LogP contribution in [0.1, 0.15) is 31.4 Å². The molecule has 0 saturated heterocycles. The van der Waals surface area contributed by atoms with Crippen molar-refractivity contribution in [3.63, 3.8) is 0 Å². The molecule has 128 valence electrons. The molecule has 0 saturated carbocycles. The molecule has 0 fully saturated rings. The van der Waals surface area contributed by atoms with E-state index >= 15 is 0 Å². The highest BCUT2D eigenvalue weighted by Gasteiger charge is 2.20. The molecular formula is C17H22N4O3. The van der Waals surface area contributed by atoms with E-state index in [1.165, 1.54) is 10.8 Å². The van der Waals surface area contributed by atoms with Gasteiger partial charge in [0.15, 0.2) is 0 Å². The third-order valence-corrected chi connectivity index (χ3v) is 4.04. The number of amides is 1. The van der Waals surface area contributed by atoms with Gasteiger partial charge in [0, 0.05) is 36.7 Å². The molecule has 0 aromatic carbocycles. The lowest BCUT2D eigenvalue weighted by Gasteiger charge is -2.29. The van der Waals surface area contributed by atoms with Gasteiger partial charge in [0.1, 0.15) is 6.54 Å². The van der Waals surface area contributed by atoms with Gasteiger partial charge < -0.3 is 4.90 Å². The van der Waals surface area contributed by atoms with Crippen LogP contribution < -0.4 is 11.2 Å². The first-order valence-corrected chi connectivity index (χ1v) is 7.91. The summed E-state index contributed by atoms with van der Waals surface area (Å²) in [6, 6.07) is 3.75. The largest absolute Gasteiger partial charge is 0.334 e. The minimum Gasteiger partial charge on any atom is -0.334 e. The Morgan fingerprint density at radius 2 is 2.00 bits per heavy atom. The second-order valence-corrected chi connectivity index (χ2v) is 5.83. The maximum absolute atomic E-state index is 12.7. The van der Waals surface area contributed by atoms with E-state index in [1.54, 1.807) is 24.2 Å². The molecule has 1 N–H and O–H groups in total. The summed E-state index contributed by atoms with van der Waals surface area (Å²) in [5.41, 5.74) is 0.362. The van der Waals surface area contributed by atoms with Crippen LogP contribution in [0.15, 0.2) is 40.3 Å². The van der Waals surface area contributed by atoms with Gasteiger partial charge in [-0.3, -0.25) is 24.1 Å². The van der Waals surface area contributed by atoms with E-state index in [9.17, 15) is 14.4 Å². The number of aromatic nitrogens is 3. The van der Waals surface area contributed by atoms with E-state index in [1.807, 2.05) is 26.0 Å². The number of carbonyl (C=O) groups excluding carboxylic acids is 1. The fourth-order valence-electron chi connectivity index (χ4n) is 2.37. The number of pyridine rings is 1. The van der Waals surface area contributed by atoms with E-state index < -0.39 is 11.2 Å². The number of hydrogen-bond donors (Lipinski definition) is 1. The summed E-state index contributed by atoms with van der Waals surface area (Å²) in [6.45, 7) is 5.93. The Morgan fingerprint density at radius 1 is 1.33 bits per heavy atom. The third kappa shape index (κ3) is 4.18. The predicted molar refractivity (Wildman–Crippen MR) is 90.6 cm³/mol. The van der Waals surface area contributed by atoms with Crippen molar-refractivity contribution in [2.24, 2.45) is 0 Å². The molecule has 0 unspecified atom stereocenters. The summed E-state index contributed by atoms with van der Waals surface area (Å²) < 4.78 is 1.24. The molecule has 2 heterocycles. The smallest absolute Gasteiger partial charge is 0.328 e. The van der Waals surface area contributed by atoms with Gasteiger partial charge >= 0.3 is 5.69 Å². The molecule has 0 aliphatic carbocycles. The first kappa shape index (κ1) is 17.7. The summed E-state index contributed by atoms with van der Waals surface area (Å²) in [6.07, 6.45) is 5.59. The fraction of sp³-hybridized carbons (Fsp3) is 0.412. The van der Waals surface area contributed by atoms with Gasteiger partial charge in [0.25, 0.3) is 5.56 Å². The predicted octanol–water partition coefficient (Wildman–Crippen LogP) is 1.07. The number of nitrogens with one attached hydrogen (secondary N) is 1. The molecule has 0 aliphatic rings. The molecule has 0 bridgehead atoms. The normalized spacial score (nSPS) is 12.0. The zero-order valence-electron chi connectivity index (χ0n) is 14.2. The summed E-state index contributed by atoms with van der Waals surface area (Å²) >= 11 is 0. The Bertz CT molecular complexity index is 811. The number of H-pyrrole nitrogens is 1. The molecule has 2 rings (SSSR count). The maximum Gasteiger partial charge on any atom is 0.328 e. The molecule has 2 aromatic rings. The summed E-state index contributed by atoms with van der Waals surface area (Å²) in [5.74, 6) is -0.172. The summed E-state index contributed by atoms with van der Waals surface area (Å²) in [4.78, 5) is 44.0. The number of aryl methyl sites for hydroxylation is 1. The fourth-order valence-corrected chi connectivity index (χ4v) is 2.37. The highest BCUT2D eigenvalue weighted by atomic mass is 16.2. The third-order valence-electron chi connectivity index (χ3n) is 4.04. The van der Waals surface area contributed by atoms with Crippen LogP contribution in [-0.4, -0.2) is 31.4 Å². The Morgan fingerprint density at radius 3 is 2.62 bits per heavy atom. The molecule has 24 heavy (non-hydrogen) atoms. The van der Waals surface area contributed by atoms with Crippen molar-refractivity contribution in [3.8, 4) is 0 Å². The van der Waals surface area contributed by atoms with E-state index in [2.05, 4.69) is 9.97 Å². The topological polar surface area (TPSA) is 88.1 Å². The van der Waals surface area contributed by atoms with E-state index in [-0.39, 0.29) is 18.5 Å². The van der Waals surface area contributed by atoms with Crippen LogP contribution >= 0.6 is 0 Å². The maximum atomic E-state index is 12.7. The standard InChI is InChI=1S/C17H22N4O3/c1-4-13(3)21(10-14-5-7-18-8-6-14)15(22)11-20-9-12(2)16(23)19-17(20)24/h5-9,13H,4,10-11H2,1-3H3,(H,19,23,24)/t13-/m0/s1. The van der Waals surface area contributed by atoms with E-state index in [0.717, 1.165) is 12.0 Å². The molecule has 7 nitrogen and oxygen atoms in total. The number of hydrogen-bond acceptors (Lipinski definition) is 4. The highest BCUT2D eigenvalue weighted by molar-refractivity contribution is 5.76. The Balaban J connectivity index is 2.24. The summed E-state index contributed by atoms with van der Waals surface area (Å²) in [5, 5.41) is 0. The first-order chi connectivity index (χ1) is 11.4. The number of carbonyl (C=O) groups is 1. The van der Waals surface area contributed by atoms with E-state index in [4.69, 9.17) is 0 Å². The van der Waals surface area contributed by atoms with Crippen LogP contribution in [0.5, 0.6) is 0 Å². The lowest BCUT2D eigenvalue weighted by Crippen LogP contribution is -2.42. The lowest BCUT2D eigenvalue weighted by atomic mass is 10.1. The van der Waals surface area contributed by atoms with Crippen LogP contribution in [0.25, 0.3) is 0 Å². The van der Waals surface area contributed by atoms with Crippen molar-refractivity contribution in [1.29, 1.82) is 0 Å². The Hall–Kier alpha value is -2.70. The van der Waals surface area contributed by atoms with Crippen molar-refractivity contribution in [1.82, 2.24) is 19.4 Å². The highest BCUT2D eigenvalue weighted by Crippen LogP contribution is 2.11. The van der Waals surface area contributed by atoms with Gasteiger partial charge in [-0.25, -0.2) is 4.79 Å². The van der Waals surface area contributed by atoms with E-state index in [0.29, 0.717) is 12.1 Å². The monoisotopic (exact) mass is 330 g/mol. The van der Waals surface area contributed by atoms with Gasteiger partial charge in [-0.15, -0.1) is 0 Å². The SMILES string of the molecule is CC[C@H](C)N(Cc1ccncc1)C(=O)Cn1cc(C)c(=O)[nH]c1=O. The van der Waals surface area contributed by atoms with Crippen LogP contribution in [0, 0.1) is 6.92 Å². The van der Waals surface area contributed by atoms with Gasteiger partial charge in [0.05, 0.1) is 0 Å². The van der Waals surface area contributed by atoms with Crippen molar-refractivity contribution in [2.45, 2.75) is 46.3 Å². The lowest BCUT2D eigenvalue weighted by molar-refractivity contribution is -0.134. The zero-order valence-corrected chi connectivity index (χ0v) is 14.2. The Labute approximate surface area is 140 Å². The van der Waals surface area contributed by atoms with Gasteiger partial charge in [0.2, 0.25) is 5.91 Å². The minimum absolute atomic E-state index is 0.0326. The first-order valence-electron chi connectivity index (χ1n) is 7.91. The van der Waals surface area contributed by atoms with Crippen molar-refractivity contribution >= 4 is 5.91 Å². The van der Waals surface area contributed by atoms with Gasteiger partial charge in [-0.05, 0) is 38.0 Å². The van der Waals surface area contributed by atoms with Crippen LogP contribution in [0.4, 0.5) is 0 Å². The summed E-state index contributed by atoms with van der Waals surface area (Å²) in [7, 11) is 0. The quantitative estimate of drug-likeness (QED) is 0.858. The zero-order chi connectivity index (χ0) is 17.7. The van der Waals surface area contributed by atoms with Gasteiger partial charge in [-0.2, -0.15) is 0 Å². The van der Waals surface area contributed by atoms with Crippen molar-refractivity contribution in [3.05, 3.63) is 62.7 Å². The number of nitrogens with zero attached hydrogens (tertiary/aromatic N) is 3. The van der Waals surface area contributed by atoms with Crippen LogP contribution in [0.3, 0.4) is 0 Å². The number of rotatable bonds is 6. The molecule has 2 aromatic heterocycles. The molecule has 1 atom stereocenters. The molecule has 0 aliphatic heterocycles. The molecular weight excluding hydrogens is 308 g/mol. The van der Waals surface area contributed by atoms with Crippen molar-refractivity contribution in [2.75, 3.05) is 0 Å². The Kier molecular flexibility index (Phi) is 5.68. The second kappa shape index (κ2) is 7.72. The molecule has 0 radical (unpaired) electrons. The van der Waals surface area contributed by atoms with Crippen LogP contribution in [-0.2, 0) is 17.9 Å². The average molecular weight is 330 g/mol. The molecule has 0 spiro atoms. The second-order valence-electron chi connectivity index (χ2n) is 5.83. The molecule has 7 heteroatoms. The average Bonchev–Trinajstić information content (AvgIpc) is 2.57. The van der Waals surface area contributed by atoms with Gasteiger partial charge in [-0.1, -0.05) is 6.92 Å².